The van der Waals surface area contributed by atoms with Crippen LogP contribution >= 0.6 is 11.8 Å². The summed E-state index contributed by atoms with van der Waals surface area (Å²) >= 11 is 1.62. The summed E-state index contributed by atoms with van der Waals surface area (Å²) in [4.78, 5) is 27.0. The Labute approximate surface area is 127 Å². The van der Waals surface area contributed by atoms with E-state index in [0.29, 0.717) is 12.1 Å². The van der Waals surface area contributed by atoms with Crippen molar-refractivity contribution in [1.82, 2.24) is 10.3 Å². The summed E-state index contributed by atoms with van der Waals surface area (Å²) in [5.41, 5.74) is 1.33. The molecule has 0 aliphatic heterocycles. The third-order valence-electron chi connectivity index (χ3n) is 3.18. The third-order valence-corrected chi connectivity index (χ3v) is 3.82. The molecule has 2 aromatic rings. The highest BCUT2D eigenvalue weighted by molar-refractivity contribution is 7.98. The molecule has 2 N–H and O–H groups in total. The van der Waals surface area contributed by atoms with E-state index in [2.05, 4.69) is 10.3 Å². The van der Waals surface area contributed by atoms with Crippen LogP contribution in [0.1, 0.15) is 16.9 Å². The number of hydrogen-bond donors (Lipinski definition) is 2. The second-order valence-corrected chi connectivity index (χ2v) is 5.59. The number of benzene rings is 1. The minimum atomic E-state index is -0.624. The van der Waals surface area contributed by atoms with Gasteiger partial charge < -0.3 is 15.0 Å². The number of rotatable bonds is 6. The van der Waals surface area contributed by atoms with Crippen LogP contribution in [-0.4, -0.2) is 42.0 Å². The summed E-state index contributed by atoms with van der Waals surface area (Å²) in [5, 5.41) is 3.68. The number of thioether (sulfide) groups is 1. The van der Waals surface area contributed by atoms with E-state index in [1.165, 1.54) is 7.11 Å². The van der Waals surface area contributed by atoms with Gasteiger partial charge in [0.25, 0.3) is 5.91 Å². The molecule has 1 atom stereocenters. The molecule has 5 nitrogen and oxygen atoms in total. The van der Waals surface area contributed by atoms with Gasteiger partial charge in [0.2, 0.25) is 0 Å². The zero-order valence-corrected chi connectivity index (χ0v) is 12.8. The van der Waals surface area contributed by atoms with Crippen molar-refractivity contribution in [1.29, 1.82) is 0 Å². The van der Waals surface area contributed by atoms with Crippen molar-refractivity contribution in [2.75, 3.05) is 19.1 Å². The standard InChI is InChI=1S/C15H18N2O3S/c1-20-15(19)12(7-8-21-2)17-14(18)13-9-10-5-3-4-6-11(10)16-13/h3-6,9,12,16H,7-8H2,1-2H3,(H,17,18)/t12-/m1/s1. The Kier molecular flexibility index (Phi) is 5.27. The number of esters is 1. The van der Waals surface area contributed by atoms with Crippen LogP contribution in [0.2, 0.25) is 0 Å². The summed E-state index contributed by atoms with van der Waals surface area (Å²) in [6.07, 6.45) is 2.49. The number of H-pyrrole nitrogens is 1. The fourth-order valence-corrected chi connectivity index (χ4v) is 2.53. The van der Waals surface area contributed by atoms with Crippen LogP contribution in [0.25, 0.3) is 10.9 Å². The van der Waals surface area contributed by atoms with Crippen molar-refractivity contribution >= 4 is 34.5 Å². The average molecular weight is 306 g/mol. The molecule has 21 heavy (non-hydrogen) atoms. The van der Waals surface area contributed by atoms with E-state index in [1.807, 2.05) is 30.5 Å². The van der Waals surface area contributed by atoms with Crippen molar-refractivity contribution in [2.24, 2.45) is 0 Å². The Bertz CT molecular complexity index is 606. The Morgan fingerprint density at radius 3 is 2.81 bits per heavy atom. The van der Waals surface area contributed by atoms with Gasteiger partial charge in [-0.25, -0.2) is 4.79 Å². The van der Waals surface area contributed by atoms with Crippen LogP contribution in [0.4, 0.5) is 0 Å². The molecule has 1 aromatic heterocycles. The van der Waals surface area contributed by atoms with Crippen molar-refractivity contribution in [3.8, 4) is 0 Å². The van der Waals surface area contributed by atoms with Gasteiger partial charge >= 0.3 is 5.97 Å². The number of carbonyl (C=O) groups excluding carboxylic acids is 2. The van der Waals surface area contributed by atoms with Crippen LogP contribution in [0.3, 0.4) is 0 Å². The molecular formula is C15H18N2O3S. The highest BCUT2D eigenvalue weighted by Crippen LogP contribution is 2.15. The molecule has 6 heteroatoms. The summed E-state index contributed by atoms with van der Waals surface area (Å²) in [7, 11) is 1.32. The topological polar surface area (TPSA) is 71.2 Å². The van der Waals surface area contributed by atoms with Crippen LogP contribution < -0.4 is 5.32 Å². The Morgan fingerprint density at radius 1 is 1.38 bits per heavy atom. The fraction of sp³-hybridized carbons (Fsp3) is 0.333. The van der Waals surface area contributed by atoms with Crippen molar-refractivity contribution in [3.63, 3.8) is 0 Å². The van der Waals surface area contributed by atoms with Gasteiger partial charge in [-0.15, -0.1) is 0 Å². The number of aromatic amines is 1. The molecule has 0 spiro atoms. The predicted octanol–water partition coefficient (Wildman–Crippen LogP) is 2.19. The summed E-state index contributed by atoms with van der Waals surface area (Å²) in [6, 6.07) is 8.78. The number of fused-ring (bicyclic) bond motifs is 1. The maximum atomic E-state index is 12.3. The second-order valence-electron chi connectivity index (χ2n) is 4.60. The highest BCUT2D eigenvalue weighted by atomic mass is 32.2. The van der Waals surface area contributed by atoms with Gasteiger partial charge in [-0.3, -0.25) is 4.79 Å². The van der Waals surface area contributed by atoms with E-state index in [0.717, 1.165) is 16.7 Å². The molecule has 0 saturated carbocycles. The average Bonchev–Trinajstić information content (AvgIpc) is 2.94. The minimum absolute atomic E-state index is 0.303. The van der Waals surface area contributed by atoms with Gasteiger partial charge in [-0.1, -0.05) is 18.2 Å². The van der Waals surface area contributed by atoms with E-state index in [-0.39, 0.29) is 5.91 Å². The van der Waals surface area contributed by atoms with E-state index in [1.54, 1.807) is 17.8 Å². The molecule has 2 rings (SSSR count). The van der Waals surface area contributed by atoms with Crippen LogP contribution in [0, 0.1) is 0 Å². The fourth-order valence-electron chi connectivity index (χ4n) is 2.06. The zero-order valence-electron chi connectivity index (χ0n) is 12.0. The molecule has 0 aliphatic carbocycles. The number of amides is 1. The van der Waals surface area contributed by atoms with E-state index in [4.69, 9.17) is 4.74 Å². The van der Waals surface area contributed by atoms with Gasteiger partial charge in [0.05, 0.1) is 7.11 Å². The largest absolute Gasteiger partial charge is 0.467 e. The van der Waals surface area contributed by atoms with Crippen LogP contribution in [-0.2, 0) is 9.53 Å². The van der Waals surface area contributed by atoms with Gasteiger partial charge in [0, 0.05) is 10.9 Å². The van der Waals surface area contributed by atoms with Crippen molar-refractivity contribution < 1.29 is 14.3 Å². The van der Waals surface area contributed by atoms with Crippen LogP contribution in [0.5, 0.6) is 0 Å². The van der Waals surface area contributed by atoms with Crippen LogP contribution in [0.15, 0.2) is 30.3 Å². The lowest BCUT2D eigenvalue weighted by atomic mass is 10.2. The van der Waals surface area contributed by atoms with Crippen molar-refractivity contribution in [3.05, 3.63) is 36.0 Å². The Balaban J connectivity index is 2.12. The lowest BCUT2D eigenvalue weighted by molar-refractivity contribution is -0.142. The number of para-hydroxylation sites is 1. The second kappa shape index (κ2) is 7.17. The number of nitrogens with one attached hydrogen (secondary N) is 2. The summed E-state index contributed by atoms with van der Waals surface area (Å²) < 4.78 is 4.73. The molecule has 0 saturated heterocycles. The molecule has 112 valence electrons. The molecule has 1 heterocycles. The van der Waals surface area contributed by atoms with E-state index >= 15 is 0 Å². The number of ether oxygens (including phenoxy) is 1. The molecular weight excluding hydrogens is 288 g/mol. The lowest BCUT2D eigenvalue weighted by Gasteiger charge is -2.15. The number of aromatic nitrogens is 1. The highest BCUT2D eigenvalue weighted by Gasteiger charge is 2.22. The molecule has 0 radical (unpaired) electrons. The SMILES string of the molecule is COC(=O)[C@@H](CCSC)NC(=O)c1cc2ccccc2[nH]1. The quantitative estimate of drug-likeness (QED) is 0.803. The normalized spacial score (nSPS) is 12.1. The maximum absolute atomic E-state index is 12.3. The van der Waals surface area contributed by atoms with E-state index < -0.39 is 12.0 Å². The summed E-state index contributed by atoms with van der Waals surface area (Å²) in [5.74, 6) is 0.0449. The first-order valence-corrected chi connectivity index (χ1v) is 8.00. The zero-order chi connectivity index (χ0) is 15.2. The molecule has 1 amide bonds. The van der Waals surface area contributed by atoms with E-state index in [9.17, 15) is 9.59 Å². The molecule has 0 bridgehead atoms. The van der Waals surface area contributed by atoms with Gasteiger partial charge in [-0.2, -0.15) is 11.8 Å². The van der Waals surface area contributed by atoms with Gasteiger partial charge in [-0.05, 0) is 30.6 Å². The number of carbonyl (C=O) groups is 2. The van der Waals surface area contributed by atoms with Crippen molar-refractivity contribution in [2.45, 2.75) is 12.5 Å². The molecule has 1 aromatic carbocycles. The predicted molar refractivity (Wildman–Crippen MR) is 84.6 cm³/mol. The monoisotopic (exact) mass is 306 g/mol. The Hall–Kier alpha value is -1.95. The first-order chi connectivity index (χ1) is 10.2. The minimum Gasteiger partial charge on any atom is -0.467 e. The molecule has 0 fully saturated rings. The molecule has 0 aliphatic rings. The first kappa shape index (κ1) is 15.4. The maximum Gasteiger partial charge on any atom is 0.328 e. The lowest BCUT2D eigenvalue weighted by Crippen LogP contribution is -2.42. The smallest absolute Gasteiger partial charge is 0.328 e. The molecule has 0 unspecified atom stereocenters. The third kappa shape index (κ3) is 3.78. The van der Waals surface area contributed by atoms with Gasteiger partial charge in [0.15, 0.2) is 0 Å². The van der Waals surface area contributed by atoms with Gasteiger partial charge in [0.1, 0.15) is 11.7 Å². The number of hydrogen-bond acceptors (Lipinski definition) is 4. The first-order valence-electron chi connectivity index (χ1n) is 6.61. The Morgan fingerprint density at radius 2 is 2.14 bits per heavy atom. The number of methoxy groups -OCH3 is 1. The summed E-state index contributed by atoms with van der Waals surface area (Å²) in [6.45, 7) is 0.